The maximum atomic E-state index is 6.22. The van der Waals surface area contributed by atoms with Crippen molar-refractivity contribution in [3.8, 4) is 45.3 Å². The van der Waals surface area contributed by atoms with Gasteiger partial charge in [-0.25, -0.2) is 15.0 Å². The van der Waals surface area contributed by atoms with Gasteiger partial charge in [-0.3, -0.25) is 0 Å². The second-order valence-corrected chi connectivity index (χ2v) is 8.14. The Balaban J connectivity index is 1.62. The smallest absolute Gasteiger partial charge is 0.164 e. The van der Waals surface area contributed by atoms with Crippen LogP contribution in [-0.4, -0.2) is 15.0 Å². The fourth-order valence-electron chi connectivity index (χ4n) is 3.46. The van der Waals surface area contributed by atoms with Gasteiger partial charge in [0, 0.05) is 26.7 Å². The molecular weight excluding hydrogens is 437 g/mol. The average Bonchev–Trinajstić information content (AvgIpc) is 2.84. The van der Waals surface area contributed by atoms with Gasteiger partial charge in [0.1, 0.15) is 0 Å². The third-order valence-electron chi connectivity index (χ3n) is 5.05. The Hall–Kier alpha value is -3.53. The lowest BCUT2D eigenvalue weighted by Gasteiger charge is -2.09. The van der Waals surface area contributed by atoms with Crippen LogP contribution in [0.15, 0.2) is 103 Å². The number of aromatic nitrogens is 3. The van der Waals surface area contributed by atoms with Crippen molar-refractivity contribution in [3.05, 3.63) is 113 Å². The highest BCUT2D eigenvalue weighted by atomic mass is 35.5. The lowest BCUT2D eigenvalue weighted by atomic mass is 10.0. The SMILES string of the molecule is Clc1cccc(-c2nc(-c3ccc(-c4ccccc4)cc3)nc(-c3cccc(Cl)c3)n2)c1. The molecule has 0 aliphatic rings. The summed E-state index contributed by atoms with van der Waals surface area (Å²) in [5.74, 6) is 1.70. The summed E-state index contributed by atoms with van der Waals surface area (Å²) >= 11 is 12.4. The van der Waals surface area contributed by atoms with Crippen molar-refractivity contribution in [2.75, 3.05) is 0 Å². The van der Waals surface area contributed by atoms with Crippen LogP contribution >= 0.6 is 23.2 Å². The molecule has 0 atom stereocenters. The average molecular weight is 454 g/mol. The van der Waals surface area contributed by atoms with E-state index in [0.29, 0.717) is 27.5 Å². The van der Waals surface area contributed by atoms with E-state index in [1.54, 1.807) is 0 Å². The third-order valence-corrected chi connectivity index (χ3v) is 5.52. The van der Waals surface area contributed by atoms with Gasteiger partial charge in [-0.2, -0.15) is 0 Å². The van der Waals surface area contributed by atoms with Crippen LogP contribution in [0.4, 0.5) is 0 Å². The minimum atomic E-state index is 0.555. The van der Waals surface area contributed by atoms with E-state index in [9.17, 15) is 0 Å². The highest BCUT2D eigenvalue weighted by Gasteiger charge is 2.13. The second-order valence-electron chi connectivity index (χ2n) is 7.27. The Morgan fingerprint density at radius 2 is 0.781 bits per heavy atom. The maximum Gasteiger partial charge on any atom is 0.164 e. The highest BCUT2D eigenvalue weighted by molar-refractivity contribution is 6.31. The molecule has 0 aliphatic heterocycles. The minimum absolute atomic E-state index is 0.555. The van der Waals surface area contributed by atoms with Crippen molar-refractivity contribution >= 4 is 23.2 Å². The Morgan fingerprint density at radius 3 is 1.28 bits per heavy atom. The Kier molecular flexibility index (Phi) is 5.68. The van der Waals surface area contributed by atoms with Crippen LogP contribution in [0.2, 0.25) is 10.0 Å². The van der Waals surface area contributed by atoms with Gasteiger partial charge in [0.2, 0.25) is 0 Å². The van der Waals surface area contributed by atoms with E-state index in [0.717, 1.165) is 27.8 Å². The van der Waals surface area contributed by atoms with Crippen LogP contribution in [-0.2, 0) is 0 Å². The van der Waals surface area contributed by atoms with Gasteiger partial charge >= 0.3 is 0 Å². The summed E-state index contributed by atoms with van der Waals surface area (Å²) in [5.41, 5.74) is 4.84. The van der Waals surface area contributed by atoms with Crippen LogP contribution in [0.3, 0.4) is 0 Å². The molecule has 0 aliphatic carbocycles. The zero-order valence-electron chi connectivity index (χ0n) is 16.9. The summed E-state index contributed by atoms with van der Waals surface area (Å²) in [6.07, 6.45) is 0. The Bertz CT molecular complexity index is 1320. The number of benzene rings is 4. The first-order valence-electron chi connectivity index (χ1n) is 10.1. The fraction of sp³-hybridized carbons (Fsp3) is 0. The Morgan fingerprint density at radius 1 is 0.375 bits per heavy atom. The topological polar surface area (TPSA) is 38.7 Å². The lowest BCUT2D eigenvalue weighted by Crippen LogP contribution is -2.00. The molecule has 0 bridgehead atoms. The normalized spacial score (nSPS) is 10.8. The lowest BCUT2D eigenvalue weighted by molar-refractivity contribution is 1.07. The highest BCUT2D eigenvalue weighted by Crippen LogP contribution is 2.28. The van der Waals surface area contributed by atoms with Crippen LogP contribution in [0.5, 0.6) is 0 Å². The zero-order valence-corrected chi connectivity index (χ0v) is 18.4. The van der Waals surface area contributed by atoms with E-state index in [1.807, 2.05) is 78.9 Å². The quantitative estimate of drug-likeness (QED) is 0.278. The predicted molar refractivity (Wildman–Crippen MR) is 132 cm³/mol. The number of nitrogens with zero attached hydrogens (tertiary/aromatic N) is 3. The zero-order chi connectivity index (χ0) is 21.9. The molecule has 32 heavy (non-hydrogen) atoms. The summed E-state index contributed by atoms with van der Waals surface area (Å²) < 4.78 is 0. The number of rotatable bonds is 4. The van der Waals surface area contributed by atoms with Crippen molar-refractivity contribution in [2.45, 2.75) is 0 Å². The number of hydrogen-bond donors (Lipinski definition) is 0. The maximum absolute atomic E-state index is 6.22. The van der Waals surface area contributed by atoms with Gasteiger partial charge in [-0.05, 0) is 35.4 Å². The molecule has 3 nitrogen and oxygen atoms in total. The molecule has 0 N–H and O–H groups in total. The van der Waals surface area contributed by atoms with E-state index in [4.69, 9.17) is 38.2 Å². The van der Waals surface area contributed by atoms with Crippen LogP contribution in [0, 0.1) is 0 Å². The van der Waals surface area contributed by atoms with Gasteiger partial charge in [-0.1, -0.05) is 102 Å². The van der Waals surface area contributed by atoms with E-state index in [1.165, 1.54) is 0 Å². The molecule has 0 unspecified atom stereocenters. The fourth-order valence-corrected chi connectivity index (χ4v) is 3.84. The summed E-state index contributed by atoms with van der Waals surface area (Å²) in [7, 11) is 0. The molecule has 0 saturated heterocycles. The molecular formula is C27H17Cl2N3. The minimum Gasteiger partial charge on any atom is -0.208 e. The first-order chi connectivity index (χ1) is 15.7. The molecule has 5 heteroatoms. The molecule has 0 saturated carbocycles. The standard InChI is InChI=1S/C27H17Cl2N3/c28-23-10-4-8-21(16-23)26-30-25(31-27(32-26)22-9-5-11-24(29)17-22)20-14-12-19(13-15-20)18-6-2-1-3-7-18/h1-17H. The van der Waals surface area contributed by atoms with E-state index >= 15 is 0 Å². The number of hydrogen-bond acceptors (Lipinski definition) is 3. The van der Waals surface area contributed by atoms with Crippen molar-refractivity contribution in [2.24, 2.45) is 0 Å². The van der Waals surface area contributed by atoms with Gasteiger partial charge < -0.3 is 0 Å². The van der Waals surface area contributed by atoms with E-state index in [2.05, 4.69) is 24.3 Å². The molecule has 0 radical (unpaired) electrons. The molecule has 154 valence electrons. The molecule has 5 rings (SSSR count). The van der Waals surface area contributed by atoms with Crippen LogP contribution in [0.25, 0.3) is 45.3 Å². The molecule has 4 aromatic carbocycles. The third kappa shape index (κ3) is 4.40. The van der Waals surface area contributed by atoms with Crippen molar-refractivity contribution in [1.29, 1.82) is 0 Å². The van der Waals surface area contributed by atoms with Crippen molar-refractivity contribution in [3.63, 3.8) is 0 Å². The van der Waals surface area contributed by atoms with Crippen LogP contribution < -0.4 is 0 Å². The molecule has 0 spiro atoms. The van der Waals surface area contributed by atoms with E-state index < -0.39 is 0 Å². The first kappa shape index (κ1) is 20.4. The predicted octanol–water partition coefficient (Wildman–Crippen LogP) is 7.85. The van der Waals surface area contributed by atoms with Crippen molar-refractivity contribution < 1.29 is 0 Å². The summed E-state index contributed by atoms with van der Waals surface area (Å²) in [4.78, 5) is 14.2. The largest absolute Gasteiger partial charge is 0.208 e. The van der Waals surface area contributed by atoms with Gasteiger partial charge in [0.15, 0.2) is 17.5 Å². The molecule has 0 amide bonds. The monoisotopic (exact) mass is 453 g/mol. The second kappa shape index (κ2) is 8.91. The summed E-state index contributed by atoms with van der Waals surface area (Å²) in [6.45, 7) is 0. The summed E-state index contributed by atoms with van der Waals surface area (Å²) in [5, 5.41) is 1.25. The summed E-state index contributed by atoms with van der Waals surface area (Å²) in [6, 6.07) is 33.5. The molecule has 0 fully saturated rings. The van der Waals surface area contributed by atoms with Gasteiger partial charge in [0.25, 0.3) is 0 Å². The number of halogens is 2. The first-order valence-corrected chi connectivity index (χ1v) is 10.9. The van der Waals surface area contributed by atoms with Gasteiger partial charge in [0.05, 0.1) is 0 Å². The van der Waals surface area contributed by atoms with E-state index in [-0.39, 0.29) is 0 Å². The molecule has 1 aromatic heterocycles. The van der Waals surface area contributed by atoms with Crippen molar-refractivity contribution in [1.82, 2.24) is 15.0 Å². The molecule has 5 aromatic rings. The molecule has 1 heterocycles. The van der Waals surface area contributed by atoms with Gasteiger partial charge in [-0.15, -0.1) is 0 Å². The van der Waals surface area contributed by atoms with Crippen LogP contribution in [0.1, 0.15) is 0 Å². The Labute approximate surface area is 196 Å².